The number of fused-ring (bicyclic) bond motifs is 2. The second kappa shape index (κ2) is 12.0. The van der Waals surface area contributed by atoms with Crippen LogP contribution in [0.3, 0.4) is 0 Å². The number of nitrogens with one attached hydrogen (secondary N) is 2. The maximum atomic E-state index is 13.1. The van der Waals surface area contributed by atoms with Gasteiger partial charge in [0, 0.05) is 24.2 Å². The molecule has 0 aromatic heterocycles. The fraction of sp³-hybridized carbons (Fsp3) is 0.250. The average molecular weight is 507 g/mol. The number of unbranched alkanes of at least 4 members (excludes halogenated alkanes) is 2. The van der Waals surface area contributed by atoms with E-state index in [4.69, 9.17) is 14.2 Å². The van der Waals surface area contributed by atoms with E-state index in [9.17, 15) is 9.36 Å². The van der Waals surface area contributed by atoms with E-state index >= 15 is 0 Å². The molecule has 3 N–H and O–H groups in total. The van der Waals surface area contributed by atoms with Gasteiger partial charge in [-0.1, -0.05) is 60.7 Å². The predicted octanol–water partition coefficient (Wildman–Crippen LogP) is 6.70. The molecule has 4 rings (SSSR count). The highest BCUT2D eigenvalue weighted by Crippen LogP contribution is 2.46. The van der Waals surface area contributed by atoms with E-state index in [0.29, 0.717) is 18.0 Å². The van der Waals surface area contributed by atoms with E-state index in [1.807, 2.05) is 66.7 Å². The van der Waals surface area contributed by atoms with Gasteiger partial charge in [0.05, 0.1) is 6.66 Å². The summed E-state index contributed by atoms with van der Waals surface area (Å²) in [4.78, 5) is 12.8. The molecule has 1 unspecified atom stereocenters. The number of aliphatic hydroxyl groups excluding tert-OH is 1. The highest BCUT2D eigenvalue weighted by molar-refractivity contribution is 7.54. The lowest BCUT2D eigenvalue weighted by molar-refractivity contribution is 0.209. The van der Waals surface area contributed by atoms with Gasteiger partial charge in [-0.3, -0.25) is 5.32 Å². The summed E-state index contributed by atoms with van der Waals surface area (Å²) in [5, 5.41) is 18.8. The van der Waals surface area contributed by atoms with Crippen LogP contribution in [0.2, 0.25) is 0 Å². The zero-order valence-corrected chi connectivity index (χ0v) is 21.2. The van der Waals surface area contributed by atoms with Gasteiger partial charge in [-0.2, -0.15) is 0 Å². The molecule has 8 heteroatoms. The van der Waals surface area contributed by atoms with Crippen molar-refractivity contribution in [3.63, 3.8) is 0 Å². The van der Waals surface area contributed by atoms with E-state index in [-0.39, 0.29) is 6.61 Å². The largest absolute Gasteiger partial charge is 0.431 e. The number of hydrogen-bond donors (Lipinski definition) is 3. The Morgan fingerprint density at radius 3 is 2.36 bits per heavy atom. The molecule has 0 bridgehead atoms. The van der Waals surface area contributed by atoms with Crippen molar-refractivity contribution in [2.45, 2.75) is 25.8 Å². The van der Waals surface area contributed by atoms with Crippen molar-refractivity contribution in [3.8, 4) is 5.75 Å². The topological polar surface area (TPSA) is 96.9 Å². The van der Waals surface area contributed by atoms with E-state index in [1.54, 1.807) is 12.1 Å². The van der Waals surface area contributed by atoms with Gasteiger partial charge < -0.3 is 19.5 Å². The summed E-state index contributed by atoms with van der Waals surface area (Å²) in [6, 6.07) is 24.8. The minimum Gasteiger partial charge on any atom is -0.415 e. The fourth-order valence-electron chi connectivity index (χ4n) is 4.07. The zero-order chi connectivity index (χ0) is 25.4. The molecule has 0 spiro atoms. The molecule has 0 heterocycles. The molecule has 0 aliphatic rings. The quantitative estimate of drug-likeness (QED) is 0.155. The number of carbonyl (C=O) groups is 1. The van der Waals surface area contributed by atoms with Crippen molar-refractivity contribution in [3.05, 3.63) is 84.4 Å². The summed E-state index contributed by atoms with van der Waals surface area (Å²) in [5.41, 5.74) is 1.46. The van der Waals surface area contributed by atoms with Gasteiger partial charge in [-0.15, -0.1) is 0 Å². The Morgan fingerprint density at radius 1 is 0.889 bits per heavy atom. The van der Waals surface area contributed by atoms with E-state index in [2.05, 4.69) is 10.6 Å². The summed E-state index contributed by atoms with van der Waals surface area (Å²) in [7, 11) is -3.76. The third-order valence-corrected chi connectivity index (χ3v) is 6.82. The number of rotatable bonds is 11. The lowest BCUT2D eigenvalue weighted by atomic mass is 10.0. The molecule has 0 fully saturated rings. The van der Waals surface area contributed by atoms with E-state index in [1.165, 1.54) is 6.66 Å². The van der Waals surface area contributed by atoms with Crippen LogP contribution in [0, 0.1) is 0 Å². The number of aliphatic hydroxyl groups is 1. The molecule has 1 atom stereocenters. The molecule has 1 amide bonds. The summed E-state index contributed by atoms with van der Waals surface area (Å²) < 4.78 is 24.0. The van der Waals surface area contributed by atoms with Crippen LogP contribution in [0.5, 0.6) is 5.75 Å². The van der Waals surface area contributed by atoms with Gasteiger partial charge in [-0.05, 0) is 65.7 Å². The molecule has 0 aliphatic heterocycles. The summed E-state index contributed by atoms with van der Waals surface area (Å²) >= 11 is 0. The molecular weight excluding hydrogens is 475 g/mol. The van der Waals surface area contributed by atoms with Crippen molar-refractivity contribution in [1.29, 1.82) is 0 Å². The Morgan fingerprint density at radius 2 is 1.58 bits per heavy atom. The van der Waals surface area contributed by atoms with Gasteiger partial charge >= 0.3 is 13.7 Å². The van der Waals surface area contributed by atoms with Crippen LogP contribution in [0.4, 0.5) is 10.5 Å². The molecule has 0 saturated heterocycles. The second-order valence-corrected chi connectivity index (χ2v) is 10.6. The van der Waals surface area contributed by atoms with Crippen molar-refractivity contribution >= 4 is 40.9 Å². The average Bonchev–Trinajstić information content (AvgIpc) is 2.86. The number of hydrogen-bond acceptors (Lipinski definition) is 6. The van der Waals surface area contributed by atoms with Crippen LogP contribution in [0.15, 0.2) is 78.9 Å². The van der Waals surface area contributed by atoms with Gasteiger partial charge in [0.2, 0.25) is 0 Å². The third-order valence-electron chi connectivity index (χ3n) is 5.80. The van der Waals surface area contributed by atoms with Gasteiger partial charge in [0.15, 0.2) is 0 Å². The monoisotopic (exact) mass is 506 g/mol. The Balaban J connectivity index is 1.46. The SMILES string of the molecule is CP(=O)(OC(=O)Nc1cc2ccccc2cc1CNCCCCCO)Oc1cccc2ccccc12. The fourth-order valence-corrected chi connectivity index (χ4v) is 4.97. The van der Waals surface area contributed by atoms with E-state index in [0.717, 1.165) is 52.9 Å². The van der Waals surface area contributed by atoms with Crippen LogP contribution in [-0.4, -0.2) is 31.0 Å². The maximum Gasteiger partial charge on any atom is 0.431 e. The smallest absolute Gasteiger partial charge is 0.415 e. The standard InChI is InChI=1S/C28H31N2O5P/c1-36(33,34-27-15-9-13-21-10-5-6-14-25(21)27)35-28(32)30-26-19-23-12-4-3-11-22(23)18-24(26)20-29-16-7-2-8-17-31/h3-6,9-15,18-19,29,31H,2,7-8,16-17,20H2,1H3,(H,30,32). The van der Waals surface area contributed by atoms with Crippen molar-refractivity contribution in [1.82, 2.24) is 5.32 Å². The molecular formula is C28H31N2O5P. The van der Waals surface area contributed by atoms with E-state index < -0.39 is 13.7 Å². The highest BCUT2D eigenvalue weighted by Gasteiger charge is 2.25. The number of benzene rings is 4. The Hall–Kier alpha value is -3.38. The predicted molar refractivity (Wildman–Crippen MR) is 145 cm³/mol. The van der Waals surface area contributed by atoms with Crippen molar-refractivity contribution in [2.24, 2.45) is 0 Å². The molecule has 0 saturated carbocycles. The van der Waals surface area contributed by atoms with Gasteiger partial charge in [0.25, 0.3) is 0 Å². The minimum absolute atomic E-state index is 0.201. The summed E-state index contributed by atoms with van der Waals surface area (Å²) in [6.07, 6.45) is 1.83. The first-order chi connectivity index (χ1) is 17.4. The minimum atomic E-state index is -3.76. The normalized spacial score (nSPS) is 12.8. The first kappa shape index (κ1) is 25.7. The molecule has 0 radical (unpaired) electrons. The first-order valence-electron chi connectivity index (χ1n) is 12.0. The van der Waals surface area contributed by atoms with Crippen molar-refractivity contribution in [2.75, 3.05) is 25.1 Å². The lowest BCUT2D eigenvalue weighted by Crippen LogP contribution is -2.19. The van der Waals surface area contributed by atoms with Crippen LogP contribution in [-0.2, 0) is 15.6 Å². The molecule has 36 heavy (non-hydrogen) atoms. The molecule has 0 aliphatic carbocycles. The molecule has 7 nitrogen and oxygen atoms in total. The van der Waals surface area contributed by atoms with Crippen molar-refractivity contribution < 1.29 is 23.5 Å². The lowest BCUT2D eigenvalue weighted by Gasteiger charge is -2.18. The molecule has 4 aromatic carbocycles. The number of carbonyl (C=O) groups excluding carboxylic acids is 1. The third kappa shape index (κ3) is 6.85. The number of anilines is 1. The molecule has 4 aromatic rings. The maximum absolute atomic E-state index is 13.1. The summed E-state index contributed by atoms with van der Waals surface area (Å²) in [6.45, 7) is 2.81. The second-order valence-electron chi connectivity index (χ2n) is 8.66. The van der Waals surface area contributed by atoms with Crippen LogP contribution >= 0.6 is 7.60 Å². The number of amides is 1. The van der Waals surface area contributed by atoms with Crippen LogP contribution in [0.1, 0.15) is 24.8 Å². The Kier molecular flexibility index (Phi) is 8.60. The zero-order valence-electron chi connectivity index (χ0n) is 20.3. The van der Waals surface area contributed by atoms with Gasteiger partial charge in [-0.25, -0.2) is 9.36 Å². The summed E-state index contributed by atoms with van der Waals surface area (Å²) in [5.74, 6) is 0.392. The van der Waals surface area contributed by atoms with Gasteiger partial charge in [0.1, 0.15) is 5.75 Å². The highest BCUT2D eigenvalue weighted by atomic mass is 31.2. The van der Waals surface area contributed by atoms with Crippen LogP contribution < -0.4 is 15.2 Å². The Bertz CT molecular complexity index is 1390. The Labute approximate surface area is 211 Å². The van der Waals surface area contributed by atoms with Crippen LogP contribution in [0.25, 0.3) is 21.5 Å². The molecule has 188 valence electrons. The first-order valence-corrected chi connectivity index (χ1v) is 14.0.